The highest BCUT2D eigenvalue weighted by Crippen LogP contribution is 2.18. The van der Waals surface area contributed by atoms with Gasteiger partial charge in [0.2, 0.25) is 11.8 Å². The van der Waals surface area contributed by atoms with Gasteiger partial charge >= 0.3 is 0 Å². The lowest BCUT2D eigenvalue weighted by Gasteiger charge is -2.22. The highest BCUT2D eigenvalue weighted by molar-refractivity contribution is 7.99. The van der Waals surface area contributed by atoms with Crippen molar-refractivity contribution in [2.24, 2.45) is 5.73 Å². The molecule has 0 bridgehead atoms. The van der Waals surface area contributed by atoms with E-state index in [0.29, 0.717) is 18.2 Å². The molecule has 0 spiro atoms. The number of nitrogens with two attached hydrogens (primary N) is 1. The summed E-state index contributed by atoms with van der Waals surface area (Å²) in [5.41, 5.74) is 6.25. The molecule has 3 aromatic rings. The van der Waals surface area contributed by atoms with Crippen molar-refractivity contribution in [2.75, 3.05) is 12.3 Å². The van der Waals surface area contributed by atoms with Crippen LogP contribution >= 0.6 is 11.8 Å². The van der Waals surface area contributed by atoms with Gasteiger partial charge < -0.3 is 19.6 Å². The maximum absolute atomic E-state index is 12.8. The van der Waals surface area contributed by atoms with Crippen molar-refractivity contribution >= 4 is 23.6 Å². The summed E-state index contributed by atoms with van der Waals surface area (Å²) in [6.45, 7) is 1.20. The molecule has 2 N–H and O–H groups in total. The average Bonchev–Trinajstić information content (AvgIpc) is 3.36. The van der Waals surface area contributed by atoms with Gasteiger partial charge in [-0.05, 0) is 17.7 Å². The molecular weight excluding hydrogens is 378 g/mol. The number of nitrogens with zero attached hydrogens (tertiary/aromatic N) is 4. The second kappa shape index (κ2) is 9.75. The number of amides is 2. The second-order valence-electron chi connectivity index (χ2n) is 6.13. The van der Waals surface area contributed by atoms with Gasteiger partial charge in [-0.3, -0.25) is 9.59 Å². The third-order valence-electron chi connectivity index (χ3n) is 4.01. The SMILES string of the molecule is NC(=O)CCN(Cc1ccccc1)C(=O)CSc1nncn1Cc1ccco1. The van der Waals surface area contributed by atoms with Crippen molar-refractivity contribution in [3.05, 3.63) is 66.4 Å². The summed E-state index contributed by atoms with van der Waals surface area (Å²) in [5, 5.41) is 8.62. The van der Waals surface area contributed by atoms with Gasteiger partial charge in [0.15, 0.2) is 5.16 Å². The average molecular weight is 399 g/mol. The van der Waals surface area contributed by atoms with Crippen molar-refractivity contribution in [2.45, 2.75) is 24.7 Å². The number of furan rings is 1. The first-order chi connectivity index (χ1) is 13.6. The number of carbonyl (C=O) groups is 2. The third kappa shape index (κ3) is 5.71. The van der Waals surface area contributed by atoms with E-state index in [1.807, 2.05) is 47.0 Å². The molecule has 9 heteroatoms. The Morgan fingerprint density at radius 2 is 2.00 bits per heavy atom. The zero-order chi connectivity index (χ0) is 19.8. The lowest BCUT2D eigenvalue weighted by Crippen LogP contribution is -2.34. The van der Waals surface area contributed by atoms with Crippen molar-refractivity contribution in [1.29, 1.82) is 0 Å². The Balaban J connectivity index is 1.61. The zero-order valence-corrected chi connectivity index (χ0v) is 16.0. The summed E-state index contributed by atoms with van der Waals surface area (Å²) in [5.74, 6) is 0.433. The molecule has 0 saturated carbocycles. The van der Waals surface area contributed by atoms with Crippen molar-refractivity contribution < 1.29 is 14.0 Å². The lowest BCUT2D eigenvalue weighted by atomic mass is 10.2. The number of benzene rings is 1. The summed E-state index contributed by atoms with van der Waals surface area (Å²) in [6, 6.07) is 13.3. The van der Waals surface area contributed by atoms with Gasteiger partial charge in [-0.25, -0.2) is 0 Å². The molecule has 0 aliphatic rings. The van der Waals surface area contributed by atoms with Crippen LogP contribution < -0.4 is 5.73 Å². The van der Waals surface area contributed by atoms with Crippen LogP contribution in [0.3, 0.4) is 0 Å². The van der Waals surface area contributed by atoms with E-state index in [9.17, 15) is 9.59 Å². The summed E-state index contributed by atoms with van der Waals surface area (Å²) in [6.07, 6.45) is 3.33. The Hall–Kier alpha value is -3.07. The summed E-state index contributed by atoms with van der Waals surface area (Å²) in [7, 11) is 0. The predicted octanol–water partition coefficient (Wildman–Crippen LogP) is 1.92. The van der Waals surface area contributed by atoms with Crippen LogP contribution in [-0.2, 0) is 22.7 Å². The first-order valence-corrected chi connectivity index (χ1v) is 9.73. The first-order valence-electron chi connectivity index (χ1n) is 8.75. The molecule has 0 fully saturated rings. The molecule has 0 atom stereocenters. The summed E-state index contributed by atoms with van der Waals surface area (Å²) >= 11 is 1.30. The number of aromatic nitrogens is 3. The fourth-order valence-electron chi connectivity index (χ4n) is 2.59. The molecule has 0 saturated heterocycles. The van der Waals surface area contributed by atoms with Crippen LogP contribution in [0, 0.1) is 0 Å². The fourth-order valence-corrected chi connectivity index (χ4v) is 3.41. The van der Waals surface area contributed by atoms with Crippen LogP contribution in [0.1, 0.15) is 17.7 Å². The monoisotopic (exact) mass is 399 g/mol. The number of carbonyl (C=O) groups excluding carboxylic acids is 2. The van der Waals surface area contributed by atoms with E-state index in [4.69, 9.17) is 10.2 Å². The van der Waals surface area contributed by atoms with Crippen LogP contribution in [0.4, 0.5) is 0 Å². The van der Waals surface area contributed by atoms with E-state index in [1.165, 1.54) is 11.8 Å². The maximum atomic E-state index is 12.8. The Kier molecular flexibility index (Phi) is 6.85. The summed E-state index contributed by atoms with van der Waals surface area (Å²) in [4.78, 5) is 25.6. The van der Waals surface area contributed by atoms with Crippen LogP contribution in [0.5, 0.6) is 0 Å². The molecule has 2 amide bonds. The van der Waals surface area contributed by atoms with E-state index in [1.54, 1.807) is 17.5 Å². The van der Waals surface area contributed by atoms with E-state index in [0.717, 1.165) is 11.3 Å². The minimum atomic E-state index is -0.434. The van der Waals surface area contributed by atoms with E-state index < -0.39 is 5.91 Å². The number of rotatable bonds is 10. The Morgan fingerprint density at radius 3 is 2.71 bits per heavy atom. The molecule has 2 heterocycles. The molecule has 2 aromatic heterocycles. The molecule has 1 aromatic carbocycles. The minimum Gasteiger partial charge on any atom is -0.467 e. The number of primary amides is 1. The zero-order valence-electron chi connectivity index (χ0n) is 15.2. The van der Waals surface area contributed by atoms with Crippen molar-refractivity contribution in [3.63, 3.8) is 0 Å². The van der Waals surface area contributed by atoms with Gasteiger partial charge in [0.25, 0.3) is 0 Å². The standard InChI is InChI=1S/C19H21N5O3S/c20-17(25)8-9-23(11-15-5-2-1-3-6-15)18(26)13-28-19-22-21-14-24(19)12-16-7-4-10-27-16/h1-7,10,14H,8-9,11-13H2,(H2,20,25). The largest absolute Gasteiger partial charge is 0.467 e. The van der Waals surface area contributed by atoms with Gasteiger partial charge in [0, 0.05) is 19.5 Å². The van der Waals surface area contributed by atoms with Crippen molar-refractivity contribution in [3.8, 4) is 0 Å². The smallest absolute Gasteiger partial charge is 0.233 e. The summed E-state index contributed by atoms with van der Waals surface area (Å²) < 4.78 is 7.16. The predicted molar refractivity (Wildman–Crippen MR) is 104 cm³/mol. The van der Waals surface area contributed by atoms with Crippen LogP contribution in [0.25, 0.3) is 0 Å². The molecule has 0 aliphatic heterocycles. The molecule has 146 valence electrons. The number of hydrogen-bond donors (Lipinski definition) is 1. The van der Waals surface area contributed by atoms with Gasteiger partial charge in [-0.1, -0.05) is 42.1 Å². The molecule has 8 nitrogen and oxygen atoms in total. The minimum absolute atomic E-state index is 0.0948. The van der Waals surface area contributed by atoms with E-state index in [-0.39, 0.29) is 24.6 Å². The van der Waals surface area contributed by atoms with E-state index in [2.05, 4.69) is 10.2 Å². The van der Waals surface area contributed by atoms with Gasteiger partial charge in [-0.15, -0.1) is 10.2 Å². The molecular formula is C19H21N5O3S. The van der Waals surface area contributed by atoms with Crippen LogP contribution in [0.2, 0.25) is 0 Å². The van der Waals surface area contributed by atoms with Crippen LogP contribution in [-0.4, -0.2) is 43.8 Å². The highest BCUT2D eigenvalue weighted by atomic mass is 32.2. The first kappa shape index (κ1) is 19.7. The van der Waals surface area contributed by atoms with E-state index >= 15 is 0 Å². The lowest BCUT2D eigenvalue weighted by molar-refractivity contribution is -0.129. The Bertz CT molecular complexity index is 895. The fraction of sp³-hybridized carbons (Fsp3) is 0.263. The number of hydrogen-bond acceptors (Lipinski definition) is 6. The Labute approximate surface area is 166 Å². The topological polar surface area (TPSA) is 107 Å². The van der Waals surface area contributed by atoms with Gasteiger partial charge in [0.05, 0.1) is 18.6 Å². The maximum Gasteiger partial charge on any atom is 0.233 e. The van der Waals surface area contributed by atoms with Gasteiger partial charge in [0.1, 0.15) is 12.1 Å². The van der Waals surface area contributed by atoms with Crippen molar-refractivity contribution in [1.82, 2.24) is 19.7 Å². The molecule has 28 heavy (non-hydrogen) atoms. The van der Waals surface area contributed by atoms with Gasteiger partial charge in [-0.2, -0.15) is 0 Å². The molecule has 0 aliphatic carbocycles. The number of thioether (sulfide) groups is 1. The molecule has 0 radical (unpaired) electrons. The Morgan fingerprint density at radius 1 is 1.18 bits per heavy atom. The molecule has 3 rings (SSSR count). The highest BCUT2D eigenvalue weighted by Gasteiger charge is 2.17. The normalized spacial score (nSPS) is 10.7. The quantitative estimate of drug-likeness (QED) is 0.522. The second-order valence-corrected chi connectivity index (χ2v) is 7.07. The third-order valence-corrected chi connectivity index (χ3v) is 4.97. The molecule has 0 unspecified atom stereocenters. The van der Waals surface area contributed by atoms with Crippen LogP contribution in [0.15, 0.2) is 64.6 Å².